The first-order valence-electron chi connectivity index (χ1n) is 10.0. The third-order valence-corrected chi connectivity index (χ3v) is 7.27. The molecule has 0 unspecified atom stereocenters. The quantitative estimate of drug-likeness (QED) is 0.537. The van der Waals surface area contributed by atoms with Crippen LogP contribution >= 0.6 is 0 Å². The molecule has 1 aromatic carbocycles. The van der Waals surface area contributed by atoms with Crippen LogP contribution in [0.25, 0.3) is 0 Å². The van der Waals surface area contributed by atoms with Gasteiger partial charge < -0.3 is 10.2 Å². The fourth-order valence-electron chi connectivity index (χ4n) is 3.41. The summed E-state index contributed by atoms with van der Waals surface area (Å²) in [7, 11) is -3.37. The van der Waals surface area contributed by atoms with Crippen molar-refractivity contribution in [1.82, 2.24) is 14.9 Å². The topological polar surface area (TPSA) is 73.8 Å². The van der Waals surface area contributed by atoms with Gasteiger partial charge in [0, 0.05) is 30.1 Å². The second kappa shape index (κ2) is 8.41. The average molecular weight is 409 g/mol. The minimum Gasteiger partial charge on any atom is -0.356 e. The van der Waals surface area contributed by atoms with Gasteiger partial charge in [0.1, 0.15) is 0 Å². The predicted octanol–water partition coefficient (Wildman–Crippen LogP) is 3.10. The maximum absolute atomic E-state index is 12.4. The van der Waals surface area contributed by atoms with Gasteiger partial charge in [-0.3, -0.25) is 0 Å². The lowest BCUT2D eigenvalue weighted by Crippen LogP contribution is -2.72. The van der Waals surface area contributed by atoms with E-state index in [9.17, 15) is 8.42 Å². The first-order valence-corrected chi connectivity index (χ1v) is 11.7. The molecule has 0 bridgehead atoms. The number of guanidine groups is 1. The highest BCUT2D eigenvalue weighted by Crippen LogP contribution is 2.46. The highest BCUT2D eigenvalue weighted by Gasteiger charge is 2.53. The Kier molecular flexibility index (Phi) is 6.82. The molecule has 1 heterocycles. The van der Waals surface area contributed by atoms with E-state index in [0.29, 0.717) is 6.54 Å². The number of hydrogen-bond acceptors (Lipinski definition) is 3. The van der Waals surface area contributed by atoms with E-state index in [-0.39, 0.29) is 22.7 Å². The van der Waals surface area contributed by atoms with Gasteiger partial charge in [-0.1, -0.05) is 38.1 Å². The van der Waals surface area contributed by atoms with Crippen LogP contribution in [-0.4, -0.2) is 43.9 Å². The highest BCUT2D eigenvalue weighted by molar-refractivity contribution is 7.88. The molecule has 1 fully saturated rings. The second-order valence-electron chi connectivity index (χ2n) is 9.00. The van der Waals surface area contributed by atoms with Crippen LogP contribution < -0.4 is 10.0 Å². The fourth-order valence-corrected chi connectivity index (χ4v) is 4.91. The Balaban J connectivity index is 2.22. The van der Waals surface area contributed by atoms with Crippen LogP contribution in [0.4, 0.5) is 0 Å². The van der Waals surface area contributed by atoms with Crippen LogP contribution in [0.5, 0.6) is 0 Å². The van der Waals surface area contributed by atoms with Crippen molar-refractivity contribution in [3.63, 3.8) is 0 Å². The highest BCUT2D eigenvalue weighted by atomic mass is 32.2. The zero-order valence-electron chi connectivity index (χ0n) is 18.3. The number of nitrogens with one attached hydrogen (secondary N) is 2. The van der Waals surface area contributed by atoms with E-state index in [1.807, 2.05) is 38.1 Å². The zero-order chi connectivity index (χ0) is 21.2. The summed E-state index contributed by atoms with van der Waals surface area (Å²) in [5.41, 5.74) is 1.96. The predicted molar refractivity (Wildman–Crippen MR) is 117 cm³/mol. The Morgan fingerprint density at radius 3 is 2.29 bits per heavy atom. The molecule has 0 radical (unpaired) electrons. The van der Waals surface area contributed by atoms with Gasteiger partial charge in [-0.2, -0.15) is 0 Å². The van der Waals surface area contributed by atoms with E-state index in [0.717, 1.165) is 30.2 Å². The SMILES string of the molecule is CCNC(=NCc1ccccc1CS(=O)(=O)NC(C)C)N1CC(C)(C)C1(C)C. The molecule has 2 N–H and O–H groups in total. The van der Waals surface area contributed by atoms with E-state index >= 15 is 0 Å². The molecule has 0 saturated carbocycles. The standard InChI is InChI=1S/C21H36N4O2S/c1-8-22-19(25-15-20(4,5)21(25,6)7)23-13-17-11-9-10-12-18(17)14-28(26,27)24-16(2)3/h9-12,16,24H,8,13-15H2,1-7H3,(H,22,23). The Morgan fingerprint density at radius 2 is 1.79 bits per heavy atom. The van der Waals surface area contributed by atoms with Gasteiger partial charge in [-0.05, 0) is 45.7 Å². The molecule has 0 spiro atoms. The smallest absolute Gasteiger partial charge is 0.216 e. The number of benzene rings is 1. The van der Waals surface area contributed by atoms with Crippen LogP contribution in [0.2, 0.25) is 0 Å². The monoisotopic (exact) mass is 408 g/mol. The summed E-state index contributed by atoms with van der Waals surface area (Å²) >= 11 is 0. The Hall–Kier alpha value is -1.60. The molecule has 28 heavy (non-hydrogen) atoms. The normalized spacial score (nSPS) is 18.9. The summed E-state index contributed by atoms with van der Waals surface area (Å²) in [6.45, 7) is 16.9. The summed E-state index contributed by atoms with van der Waals surface area (Å²) in [4.78, 5) is 7.14. The van der Waals surface area contributed by atoms with Crippen LogP contribution in [0, 0.1) is 5.41 Å². The largest absolute Gasteiger partial charge is 0.356 e. The van der Waals surface area contributed by atoms with Gasteiger partial charge in [-0.15, -0.1) is 0 Å². The summed E-state index contributed by atoms with van der Waals surface area (Å²) in [6, 6.07) is 7.51. The Labute approximate surface area is 170 Å². The third-order valence-electron chi connectivity index (χ3n) is 5.75. The molecule has 1 saturated heterocycles. The average Bonchev–Trinajstić information content (AvgIpc) is 2.56. The number of nitrogens with zero attached hydrogens (tertiary/aromatic N) is 2. The Bertz CT molecular complexity index is 813. The molecule has 6 nitrogen and oxygen atoms in total. The van der Waals surface area contributed by atoms with Crippen molar-refractivity contribution in [2.45, 2.75) is 72.3 Å². The molecule has 1 aromatic rings. The van der Waals surface area contributed by atoms with Crippen molar-refractivity contribution in [3.05, 3.63) is 35.4 Å². The minimum atomic E-state index is -3.37. The summed E-state index contributed by atoms with van der Waals surface area (Å²) in [5.74, 6) is 0.847. The first-order chi connectivity index (χ1) is 12.9. The van der Waals surface area contributed by atoms with Crippen molar-refractivity contribution in [2.24, 2.45) is 10.4 Å². The summed E-state index contributed by atoms with van der Waals surface area (Å²) in [5, 5.41) is 3.39. The van der Waals surface area contributed by atoms with E-state index in [4.69, 9.17) is 4.99 Å². The molecule has 2 rings (SSSR count). The molecule has 1 aliphatic heterocycles. The van der Waals surface area contributed by atoms with E-state index < -0.39 is 10.0 Å². The molecule has 0 aromatic heterocycles. The van der Waals surface area contributed by atoms with Gasteiger partial charge in [0.25, 0.3) is 0 Å². The van der Waals surface area contributed by atoms with E-state index in [2.05, 4.69) is 49.6 Å². The molecule has 0 amide bonds. The number of rotatable bonds is 7. The summed E-state index contributed by atoms with van der Waals surface area (Å²) < 4.78 is 27.4. The first kappa shape index (κ1) is 22.7. The summed E-state index contributed by atoms with van der Waals surface area (Å²) in [6.07, 6.45) is 0. The lowest BCUT2D eigenvalue weighted by Gasteiger charge is -2.62. The van der Waals surface area contributed by atoms with Gasteiger partial charge in [-0.25, -0.2) is 18.1 Å². The minimum absolute atomic E-state index is 0.0119. The van der Waals surface area contributed by atoms with Gasteiger partial charge in [0.05, 0.1) is 12.3 Å². The van der Waals surface area contributed by atoms with Gasteiger partial charge in [0.15, 0.2) is 5.96 Å². The van der Waals surface area contributed by atoms with E-state index in [1.54, 1.807) is 0 Å². The molecular formula is C21H36N4O2S. The number of aliphatic imine (C=N–C) groups is 1. The van der Waals surface area contributed by atoms with E-state index in [1.165, 1.54) is 0 Å². The fraction of sp³-hybridized carbons (Fsp3) is 0.667. The number of sulfonamides is 1. The van der Waals surface area contributed by atoms with Crippen molar-refractivity contribution in [2.75, 3.05) is 13.1 Å². The lowest BCUT2D eigenvalue weighted by atomic mass is 9.65. The van der Waals surface area contributed by atoms with Crippen molar-refractivity contribution >= 4 is 16.0 Å². The van der Waals surface area contributed by atoms with Crippen molar-refractivity contribution in [3.8, 4) is 0 Å². The molecule has 7 heteroatoms. The molecular weight excluding hydrogens is 372 g/mol. The molecule has 0 atom stereocenters. The van der Waals surface area contributed by atoms with Crippen LogP contribution in [0.3, 0.4) is 0 Å². The van der Waals surface area contributed by atoms with Crippen molar-refractivity contribution < 1.29 is 8.42 Å². The molecule has 1 aliphatic rings. The maximum Gasteiger partial charge on any atom is 0.216 e. The zero-order valence-corrected chi connectivity index (χ0v) is 19.2. The van der Waals surface area contributed by atoms with Gasteiger partial charge in [0.2, 0.25) is 10.0 Å². The van der Waals surface area contributed by atoms with Crippen LogP contribution in [-0.2, 0) is 22.3 Å². The Morgan fingerprint density at radius 1 is 1.18 bits per heavy atom. The van der Waals surface area contributed by atoms with Crippen LogP contribution in [0.1, 0.15) is 59.6 Å². The number of likely N-dealkylation sites (tertiary alicyclic amines) is 1. The molecule has 0 aliphatic carbocycles. The lowest BCUT2D eigenvalue weighted by molar-refractivity contribution is -0.0667. The second-order valence-corrected chi connectivity index (χ2v) is 10.8. The maximum atomic E-state index is 12.4. The van der Waals surface area contributed by atoms with Crippen molar-refractivity contribution in [1.29, 1.82) is 0 Å². The number of hydrogen-bond donors (Lipinski definition) is 2. The molecule has 158 valence electrons. The van der Waals surface area contributed by atoms with Crippen LogP contribution in [0.15, 0.2) is 29.3 Å². The van der Waals surface area contributed by atoms with Gasteiger partial charge >= 0.3 is 0 Å². The third kappa shape index (κ3) is 5.06.